The smallest absolute Gasteiger partial charge is 0.0642 e. The Hall–Kier alpha value is -0.120. The lowest BCUT2D eigenvalue weighted by atomic mass is 9.67. The minimum atomic E-state index is 0.207. The Morgan fingerprint density at radius 2 is 1.70 bits per heavy atom. The van der Waals surface area contributed by atoms with Crippen molar-refractivity contribution in [3.05, 3.63) is 0 Å². The molecule has 0 amide bonds. The van der Waals surface area contributed by atoms with Gasteiger partial charge in [0.15, 0.2) is 0 Å². The second kappa shape index (κ2) is 5.71. The third kappa shape index (κ3) is 2.87. The summed E-state index contributed by atoms with van der Waals surface area (Å²) in [6.07, 6.45) is 1.90. The first-order valence-electron chi connectivity index (χ1n) is 9.78. The molecule has 23 heavy (non-hydrogen) atoms. The summed E-state index contributed by atoms with van der Waals surface area (Å²) in [5.74, 6) is 3.20. The Kier molecular flexibility index (Phi) is 4.39. The quantitative estimate of drug-likeness (QED) is 0.776. The molecular formula is C20H39N3. The van der Waals surface area contributed by atoms with E-state index in [1.165, 1.54) is 13.0 Å². The van der Waals surface area contributed by atoms with Crippen LogP contribution >= 0.6 is 0 Å². The van der Waals surface area contributed by atoms with Crippen LogP contribution in [0, 0.1) is 29.1 Å². The van der Waals surface area contributed by atoms with Crippen LogP contribution < -0.4 is 10.6 Å². The lowest BCUT2D eigenvalue weighted by molar-refractivity contribution is -0.00430. The van der Waals surface area contributed by atoms with Gasteiger partial charge in [0.05, 0.1) is 6.17 Å². The van der Waals surface area contributed by atoms with E-state index in [9.17, 15) is 0 Å². The van der Waals surface area contributed by atoms with Gasteiger partial charge in [-0.1, -0.05) is 34.6 Å². The highest BCUT2D eigenvalue weighted by atomic mass is 15.4. The zero-order valence-corrected chi connectivity index (χ0v) is 16.6. The number of hydrogen-bond acceptors (Lipinski definition) is 3. The molecule has 0 radical (unpaired) electrons. The van der Waals surface area contributed by atoms with Gasteiger partial charge in [0.2, 0.25) is 0 Å². The Morgan fingerprint density at radius 1 is 1.04 bits per heavy atom. The van der Waals surface area contributed by atoms with Gasteiger partial charge < -0.3 is 5.32 Å². The summed E-state index contributed by atoms with van der Waals surface area (Å²) in [5, 5.41) is 7.67. The number of nitrogens with zero attached hydrogens (tertiary/aromatic N) is 1. The predicted molar refractivity (Wildman–Crippen MR) is 98.3 cm³/mol. The molecule has 3 aliphatic rings. The maximum atomic E-state index is 4.06. The minimum absolute atomic E-state index is 0.207. The molecule has 6 atom stereocenters. The molecule has 0 aromatic rings. The Bertz CT molecular complexity index is 431. The van der Waals surface area contributed by atoms with Gasteiger partial charge >= 0.3 is 0 Å². The van der Waals surface area contributed by atoms with Crippen molar-refractivity contribution >= 4 is 0 Å². The van der Waals surface area contributed by atoms with Crippen LogP contribution in [0.25, 0.3) is 0 Å². The lowest BCUT2D eigenvalue weighted by Crippen LogP contribution is -2.59. The van der Waals surface area contributed by atoms with E-state index in [1.807, 2.05) is 0 Å². The molecule has 6 unspecified atom stereocenters. The van der Waals surface area contributed by atoms with Crippen LogP contribution in [0.3, 0.4) is 0 Å². The Labute approximate surface area is 144 Å². The molecule has 0 spiro atoms. The standard InChI is InChI=1S/C20H39N3/c1-12(2)15-16-13-9-10-21-11-14(13)22-18(16)23(20(6,7)8)17(15)19(3,4)5/h12-18,21-22H,9-11H2,1-8H3. The zero-order valence-electron chi connectivity index (χ0n) is 16.6. The molecule has 0 aliphatic carbocycles. The highest BCUT2D eigenvalue weighted by Crippen LogP contribution is 2.55. The zero-order chi connectivity index (χ0) is 17.2. The van der Waals surface area contributed by atoms with Crippen LogP contribution in [0.15, 0.2) is 0 Å². The van der Waals surface area contributed by atoms with E-state index in [0.717, 1.165) is 30.2 Å². The van der Waals surface area contributed by atoms with Gasteiger partial charge in [0, 0.05) is 24.2 Å². The lowest BCUT2D eigenvalue weighted by Gasteiger charge is -2.48. The van der Waals surface area contributed by atoms with Gasteiger partial charge in [0.25, 0.3) is 0 Å². The van der Waals surface area contributed by atoms with Crippen molar-refractivity contribution in [2.75, 3.05) is 13.1 Å². The van der Waals surface area contributed by atoms with Gasteiger partial charge in [-0.15, -0.1) is 0 Å². The molecule has 3 saturated heterocycles. The van der Waals surface area contributed by atoms with Crippen molar-refractivity contribution in [3.8, 4) is 0 Å². The molecule has 3 fully saturated rings. The van der Waals surface area contributed by atoms with Crippen molar-refractivity contribution in [2.24, 2.45) is 29.1 Å². The summed E-state index contributed by atoms with van der Waals surface area (Å²) in [4.78, 5) is 2.86. The monoisotopic (exact) mass is 321 g/mol. The average molecular weight is 322 g/mol. The number of rotatable bonds is 1. The number of nitrogens with one attached hydrogen (secondary N) is 2. The summed E-state index contributed by atoms with van der Waals surface area (Å²) in [6.45, 7) is 21.9. The summed E-state index contributed by atoms with van der Waals surface area (Å²) in [7, 11) is 0. The maximum absolute atomic E-state index is 4.06. The van der Waals surface area contributed by atoms with Crippen LogP contribution in [0.5, 0.6) is 0 Å². The van der Waals surface area contributed by atoms with Crippen LogP contribution in [-0.2, 0) is 0 Å². The second-order valence-electron chi connectivity index (χ2n) is 10.7. The highest BCUT2D eigenvalue weighted by Gasteiger charge is 2.62. The first-order valence-corrected chi connectivity index (χ1v) is 9.78. The second-order valence-corrected chi connectivity index (χ2v) is 10.7. The van der Waals surface area contributed by atoms with Crippen molar-refractivity contribution < 1.29 is 0 Å². The van der Waals surface area contributed by atoms with Crippen LogP contribution in [0.2, 0.25) is 0 Å². The van der Waals surface area contributed by atoms with E-state index < -0.39 is 0 Å². The fourth-order valence-corrected chi connectivity index (χ4v) is 6.06. The van der Waals surface area contributed by atoms with Crippen LogP contribution in [0.1, 0.15) is 61.8 Å². The van der Waals surface area contributed by atoms with E-state index >= 15 is 0 Å². The van der Waals surface area contributed by atoms with E-state index in [0.29, 0.717) is 23.7 Å². The fraction of sp³-hybridized carbons (Fsp3) is 1.00. The highest BCUT2D eigenvalue weighted by molar-refractivity contribution is 5.14. The normalized spacial score (nSPS) is 42.1. The molecule has 0 aromatic carbocycles. The molecular weight excluding hydrogens is 282 g/mol. The number of fused-ring (bicyclic) bond motifs is 3. The summed E-state index contributed by atoms with van der Waals surface area (Å²) in [5.41, 5.74) is 0.523. The van der Waals surface area contributed by atoms with Gasteiger partial charge in [-0.3, -0.25) is 10.2 Å². The van der Waals surface area contributed by atoms with Gasteiger partial charge in [-0.25, -0.2) is 0 Å². The van der Waals surface area contributed by atoms with Gasteiger partial charge in [-0.2, -0.15) is 0 Å². The predicted octanol–water partition coefficient (Wildman–Crippen LogP) is 3.31. The SMILES string of the molecule is CC(C)C1C2C3CCNCC3NC2N(C(C)(C)C)C1C(C)(C)C. The molecule has 3 heterocycles. The van der Waals surface area contributed by atoms with Crippen molar-refractivity contribution in [3.63, 3.8) is 0 Å². The first-order chi connectivity index (χ1) is 10.5. The van der Waals surface area contributed by atoms with E-state index in [-0.39, 0.29) is 5.54 Å². The third-order valence-corrected chi connectivity index (χ3v) is 6.62. The number of hydrogen-bond donors (Lipinski definition) is 2. The first kappa shape index (κ1) is 17.7. The minimum Gasteiger partial charge on any atom is -0.315 e. The van der Waals surface area contributed by atoms with Gasteiger partial charge in [-0.05, 0) is 62.8 Å². The summed E-state index contributed by atoms with van der Waals surface area (Å²) >= 11 is 0. The molecule has 0 saturated carbocycles. The Balaban J connectivity index is 2.04. The molecule has 3 rings (SSSR count). The molecule has 3 aliphatic heterocycles. The van der Waals surface area contributed by atoms with Gasteiger partial charge in [0.1, 0.15) is 0 Å². The van der Waals surface area contributed by atoms with Crippen molar-refractivity contribution in [1.82, 2.24) is 15.5 Å². The Morgan fingerprint density at radius 3 is 2.22 bits per heavy atom. The fourth-order valence-electron chi connectivity index (χ4n) is 6.06. The summed E-state index contributed by atoms with van der Waals surface area (Å²) < 4.78 is 0. The van der Waals surface area contributed by atoms with Crippen molar-refractivity contribution in [1.29, 1.82) is 0 Å². The van der Waals surface area contributed by atoms with E-state index in [2.05, 4.69) is 70.9 Å². The van der Waals surface area contributed by atoms with Crippen molar-refractivity contribution in [2.45, 2.75) is 85.6 Å². The van der Waals surface area contributed by atoms with Crippen LogP contribution in [0.4, 0.5) is 0 Å². The maximum Gasteiger partial charge on any atom is 0.0642 e. The molecule has 134 valence electrons. The summed E-state index contributed by atoms with van der Waals surface area (Å²) in [6, 6.07) is 1.33. The topological polar surface area (TPSA) is 27.3 Å². The number of likely N-dealkylation sites (tertiary alicyclic amines) is 1. The largest absolute Gasteiger partial charge is 0.315 e. The molecule has 3 heteroatoms. The van der Waals surface area contributed by atoms with E-state index in [1.54, 1.807) is 0 Å². The molecule has 0 aromatic heterocycles. The van der Waals surface area contributed by atoms with E-state index in [4.69, 9.17) is 0 Å². The number of piperidine rings is 1. The molecule has 0 bridgehead atoms. The van der Waals surface area contributed by atoms with Crippen LogP contribution in [-0.4, -0.2) is 41.8 Å². The third-order valence-electron chi connectivity index (χ3n) is 6.62. The average Bonchev–Trinajstić information content (AvgIpc) is 2.89. The molecule has 2 N–H and O–H groups in total. The molecule has 3 nitrogen and oxygen atoms in total.